The molecular formula is C15H21NO3. The van der Waals surface area contributed by atoms with Crippen LogP contribution in [0.3, 0.4) is 0 Å². The number of ether oxygens (including phenoxy) is 2. The van der Waals surface area contributed by atoms with E-state index in [9.17, 15) is 4.79 Å². The largest absolute Gasteiger partial charge is 0.496 e. The van der Waals surface area contributed by atoms with Gasteiger partial charge in [-0.3, -0.25) is 4.79 Å². The lowest BCUT2D eigenvalue weighted by Gasteiger charge is -2.14. The van der Waals surface area contributed by atoms with Crippen LogP contribution in [0.1, 0.15) is 41.6 Å². The fourth-order valence-electron chi connectivity index (χ4n) is 2.53. The quantitative estimate of drug-likeness (QED) is 0.888. The van der Waals surface area contributed by atoms with Crippen LogP contribution in [0.4, 0.5) is 0 Å². The number of hydrogen-bond donors (Lipinski definition) is 1. The number of amides is 1. The van der Waals surface area contributed by atoms with Crippen molar-refractivity contribution in [3.05, 3.63) is 29.3 Å². The topological polar surface area (TPSA) is 47.6 Å². The molecule has 0 bridgehead atoms. The monoisotopic (exact) mass is 263 g/mol. The van der Waals surface area contributed by atoms with Gasteiger partial charge in [-0.25, -0.2) is 0 Å². The van der Waals surface area contributed by atoms with Crippen molar-refractivity contribution in [2.45, 2.75) is 38.3 Å². The first-order valence-electron chi connectivity index (χ1n) is 6.71. The third kappa shape index (κ3) is 3.47. The van der Waals surface area contributed by atoms with Crippen molar-refractivity contribution < 1.29 is 14.3 Å². The van der Waals surface area contributed by atoms with Gasteiger partial charge in [0.15, 0.2) is 0 Å². The lowest BCUT2D eigenvalue weighted by molar-refractivity contribution is 0.0937. The standard InChI is InChI=1S/C15H21NO3/c1-18-10-12-9-11(7-8-14(12)19-2)15(17)16-13-5-3-4-6-13/h7-9,13H,3-6,10H2,1-2H3,(H,16,17). The molecule has 4 nitrogen and oxygen atoms in total. The minimum absolute atomic E-state index is 0.00749. The zero-order valence-corrected chi connectivity index (χ0v) is 11.6. The zero-order valence-electron chi connectivity index (χ0n) is 11.6. The Morgan fingerprint density at radius 3 is 2.68 bits per heavy atom. The molecule has 0 atom stereocenters. The predicted octanol–water partition coefficient (Wildman–Crippen LogP) is 2.51. The molecule has 0 heterocycles. The summed E-state index contributed by atoms with van der Waals surface area (Å²) in [5, 5.41) is 3.08. The molecule has 19 heavy (non-hydrogen) atoms. The third-order valence-electron chi connectivity index (χ3n) is 3.53. The van der Waals surface area contributed by atoms with E-state index in [2.05, 4.69) is 5.32 Å². The summed E-state index contributed by atoms with van der Waals surface area (Å²) in [4.78, 5) is 12.2. The van der Waals surface area contributed by atoms with Gasteiger partial charge in [-0.2, -0.15) is 0 Å². The minimum atomic E-state index is -0.00749. The van der Waals surface area contributed by atoms with E-state index < -0.39 is 0 Å². The second-order valence-corrected chi connectivity index (χ2v) is 4.91. The van der Waals surface area contributed by atoms with E-state index in [-0.39, 0.29) is 5.91 Å². The minimum Gasteiger partial charge on any atom is -0.496 e. The van der Waals surface area contributed by atoms with Gasteiger partial charge in [0, 0.05) is 24.3 Å². The van der Waals surface area contributed by atoms with Crippen LogP contribution < -0.4 is 10.1 Å². The van der Waals surface area contributed by atoms with E-state index in [1.807, 2.05) is 12.1 Å². The van der Waals surface area contributed by atoms with Crippen LogP contribution in [-0.4, -0.2) is 26.2 Å². The molecule has 1 saturated carbocycles. The van der Waals surface area contributed by atoms with Crippen LogP contribution >= 0.6 is 0 Å². The highest BCUT2D eigenvalue weighted by Crippen LogP contribution is 2.22. The number of rotatable bonds is 5. The molecule has 1 aromatic carbocycles. The van der Waals surface area contributed by atoms with E-state index in [0.29, 0.717) is 18.2 Å². The molecule has 4 heteroatoms. The molecule has 1 N–H and O–H groups in total. The van der Waals surface area contributed by atoms with E-state index in [1.165, 1.54) is 12.8 Å². The molecule has 104 valence electrons. The van der Waals surface area contributed by atoms with E-state index in [0.717, 1.165) is 24.2 Å². The van der Waals surface area contributed by atoms with E-state index in [1.54, 1.807) is 20.3 Å². The van der Waals surface area contributed by atoms with Crippen LogP contribution in [0.5, 0.6) is 5.75 Å². The summed E-state index contributed by atoms with van der Waals surface area (Å²) in [5.74, 6) is 0.742. The Bertz CT molecular complexity index is 439. The normalized spacial score (nSPS) is 15.5. The molecule has 0 saturated heterocycles. The number of benzene rings is 1. The van der Waals surface area contributed by atoms with Gasteiger partial charge in [0.25, 0.3) is 5.91 Å². The number of methoxy groups -OCH3 is 2. The highest BCUT2D eigenvalue weighted by Gasteiger charge is 2.18. The van der Waals surface area contributed by atoms with Crippen LogP contribution in [0.2, 0.25) is 0 Å². The molecule has 1 aliphatic carbocycles. The molecular weight excluding hydrogens is 242 g/mol. The summed E-state index contributed by atoms with van der Waals surface area (Å²) in [6.45, 7) is 0.438. The molecule has 0 aliphatic heterocycles. The van der Waals surface area contributed by atoms with E-state index >= 15 is 0 Å². The van der Waals surface area contributed by atoms with Crippen molar-refractivity contribution in [1.29, 1.82) is 0 Å². The highest BCUT2D eigenvalue weighted by molar-refractivity contribution is 5.94. The van der Waals surface area contributed by atoms with Crippen LogP contribution in [-0.2, 0) is 11.3 Å². The number of nitrogens with one attached hydrogen (secondary N) is 1. The summed E-state index contributed by atoms with van der Waals surface area (Å²) >= 11 is 0. The highest BCUT2D eigenvalue weighted by atomic mass is 16.5. The Balaban J connectivity index is 2.10. The molecule has 0 spiro atoms. The maximum atomic E-state index is 12.2. The maximum Gasteiger partial charge on any atom is 0.251 e. The Labute approximate surface area is 114 Å². The van der Waals surface area contributed by atoms with Gasteiger partial charge >= 0.3 is 0 Å². The molecule has 2 rings (SSSR count). The van der Waals surface area contributed by atoms with Crippen LogP contribution in [0, 0.1) is 0 Å². The average Bonchev–Trinajstić information content (AvgIpc) is 2.92. The molecule has 0 aromatic heterocycles. The summed E-state index contributed by atoms with van der Waals surface area (Å²) in [5.41, 5.74) is 1.56. The van der Waals surface area contributed by atoms with Crippen molar-refractivity contribution >= 4 is 5.91 Å². The average molecular weight is 263 g/mol. The first-order chi connectivity index (χ1) is 9.24. The van der Waals surface area contributed by atoms with Gasteiger partial charge in [0.2, 0.25) is 0 Å². The smallest absolute Gasteiger partial charge is 0.251 e. The number of carbonyl (C=O) groups excluding carboxylic acids is 1. The third-order valence-corrected chi connectivity index (χ3v) is 3.53. The molecule has 1 fully saturated rings. The van der Waals surface area contributed by atoms with Gasteiger partial charge in [0.1, 0.15) is 5.75 Å². The van der Waals surface area contributed by atoms with Gasteiger partial charge in [-0.1, -0.05) is 12.8 Å². The maximum absolute atomic E-state index is 12.2. The second kappa shape index (κ2) is 6.57. The Morgan fingerprint density at radius 1 is 1.32 bits per heavy atom. The van der Waals surface area contributed by atoms with Crippen molar-refractivity contribution in [2.75, 3.05) is 14.2 Å². The van der Waals surface area contributed by atoms with Crippen molar-refractivity contribution in [3.8, 4) is 5.75 Å². The predicted molar refractivity (Wildman–Crippen MR) is 73.4 cm³/mol. The fourth-order valence-corrected chi connectivity index (χ4v) is 2.53. The Kier molecular flexibility index (Phi) is 4.80. The summed E-state index contributed by atoms with van der Waals surface area (Å²) in [6.07, 6.45) is 4.60. The van der Waals surface area contributed by atoms with Gasteiger partial charge in [0.05, 0.1) is 13.7 Å². The lowest BCUT2D eigenvalue weighted by atomic mass is 10.1. The van der Waals surface area contributed by atoms with Gasteiger partial charge < -0.3 is 14.8 Å². The Hall–Kier alpha value is -1.55. The molecule has 1 aromatic rings. The van der Waals surface area contributed by atoms with Gasteiger partial charge in [-0.15, -0.1) is 0 Å². The fraction of sp³-hybridized carbons (Fsp3) is 0.533. The summed E-state index contributed by atoms with van der Waals surface area (Å²) in [7, 11) is 3.25. The Morgan fingerprint density at radius 2 is 2.05 bits per heavy atom. The molecule has 0 unspecified atom stereocenters. The van der Waals surface area contributed by atoms with E-state index in [4.69, 9.17) is 9.47 Å². The number of carbonyl (C=O) groups is 1. The first kappa shape index (κ1) is 13.9. The molecule has 0 radical (unpaired) electrons. The van der Waals surface area contributed by atoms with Crippen LogP contribution in [0.25, 0.3) is 0 Å². The van der Waals surface area contributed by atoms with Gasteiger partial charge in [-0.05, 0) is 31.0 Å². The molecule has 1 amide bonds. The van der Waals surface area contributed by atoms with Crippen molar-refractivity contribution in [2.24, 2.45) is 0 Å². The van der Waals surface area contributed by atoms with Crippen molar-refractivity contribution in [1.82, 2.24) is 5.32 Å². The molecule has 1 aliphatic rings. The second-order valence-electron chi connectivity index (χ2n) is 4.91. The summed E-state index contributed by atoms with van der Waals surface area (Å²) in [6, 6.07) is 5.78. The number of hydrogen-bond acceptors (Lipinski definition) is 3. The summed E-state index contributed by atoms with van der Waals surface area (Å²) < 4.78 is 10.4. The first-order valence-corrected chi connectivity index (χ1v) is 6.71. The zero-order chi connectivity index (χ0) is 13.7. The SMILES string of the molecule is COCc1cc(C(=O)NC2CCCC2)ccc1OC. The lowest BCUT2D eigenvalue weighted by Crippen LogP contribution is -2.32. The van der Waals surface area contributed by atoms with Crippen LogP contribution in [0.15, 0.2) is 18.2 Å². The van der Waals surface area contributed by atoms with Crippen molar-refractivity contribution in [3.63, 3.8) is 0 Å².